The van der Waals surface area contributed by atoms with Crippen molar-refractivity contribution >= 4 is 0 Å². The van der Waals surface area contributed by atoms with Gasteiger partial charge in [0, 0.05) is 33.6 Å². The first kappa shape index (κ1) is 17.3. The molecule has 0 aliphatic carbocycles. The SMILES string of the molecule is [CH3][Mo].[Fe].[Ni]. The molecule has 0 radical (unpaired) electrons. The monoisotopic (exact) mass is 227 g/mol. The van der Waals surface area contributed by atoms with Gasteiger partial charge in [0.15, 0.2) is 0 Å². The van der Waals surface area contributed by atoms with E-state index in [2.05, 4.69) is 0 Å². The molecule has 0 spiro atoms. The molecule has 0 aromatic rings. The Balaban J connectivity index is -0.00000000500. The predicted octanol–water partition coefficient (Wildman–Crippen LogP) is 0.576. The predicted molar refractivity (Wildman–Crippen MR) is 5.86 cm³/mol. The molecule has 3 heteroatoms. The van der Waals surface area contributed by atoms with Gasteiger partial charge >= 0.3 is 25.1 Å². The normalized spacial score (nSPS) is 1.25. The molecule has 0 unspecified atom stereocenters. The van der Waals surface area contributed by atoms with Gasteiger partial charge in [0.1, 0.15) is 0 Å². The summed E-state index contributed by atoms with van der Waals surface area (Å²) in [6, 6.07) is 0. The average molecular weight is 226 g/mol. The van der Waals surface area contributed by atoms with Crippen LogP contribution in [0.1, 0.15) is 0 Å². The smallest absolute Gasteiger partial charge is 0 e. The summed E-state index contributed by atoms with van der Waals surface area (Å²) < 4.78 is 0. The Morgan fingerprint density at radius 2 is 1.25 bits per heavy atom. The van der Waals surface area contributed by atoms with Crippen LogP contribution in [0, 0.1) is 0 Å². The first-order chi connectivity index (χ1) is 1.00. The fourth-order valence-corrected chi connectivity index (χ4v) is 0. The Morgan fingerprint density at radius 1 is 1.25 bits per heavy atom. The van der Waals surface area contributed by atoms with Crippen LogP contribution in [-0.4, -0.2) is 0 Å². The van der Waals surface area contributed by atoms with Gasteiger partial charge in [0.2, 0.25) is 0 Å². The maximum Gasteiger partial charge on any atom is 0 e. The summed E-state index contributed by atoms with van der Waals surface area (Å²) in [5.41, 5.74) is 0. The second-order valence-electron chi connectivity index (χ2n) is 0. The fourth-order valence-electron chi connectivity index (χ4n) is 0. The van der Waals surface area contributed by atoms with Crippen molar-refractivity contribution in [1.82, 2.24) is 0 Å². The third-order valence-corrected chi connectivity index (χ3v) is 0. The van der Waals surface area contributed by atoms with Crippen molar-refractivity contribution in [3.05, 3.63) is 0 Å². The van der Waals surface area contributed by atoms with Crippen LogP contribution in [-0.2, 0) is 53.4 Å². The molecule has 0 saturated carbocycles. The van der Waals surface area contributed by atoms with Gasteiger partial charge in [-0.25, -0.2) is 0 Å². The van der Waals surface area contributed by atoms with E-state index in [-0.39, 0.29) is 33.6 Å². The van der Waals surface area contributed by atoms with Crippen LogP contribution in [0.15, 0.2) is 0 Å². The molecular formula is CH3FeMoNi. The third kappa shape index (κ3) is 9.33. The maximum absolute atomic E-state index is 2.01. The largest absolute Gasteiger partial charge is 0 e. The Kier molecular flexibility index (Phi) is 96.1. The molecule has 0 amide bonds. The summed E-state index contributed by atoms with van der Waals surface area (Å²) >= 11 is 1.95. The zero-order chi connectivity index (χ0) is 2.00. The average Bonchev–Trinajstić information content (AvgIpc) is 1.00. The van der Waals surface area contributed by atoms with Gasteiger partial charge in [-0.2, -0.15) is 0 Å². The van der Waals surface area contributed by atoms with Gasteiger partial charge in [0.05, 0.1) is 0 Å². The van der Waals surface area contributed by atoms with Crippen LogP contribution >= 0.6 is 0 Å². The van der Waals surface area contributed by atoms with Crippen LogP contribution in [0.5, 0.6) is 0 Å². The molecule has 0 rings (SSSR count). The van der Waals surface area contributed by atoms with E-state index in [0.717, 1.165) is 0 Å². The topological polar surface area (TPSA) is 0 Å². The van der Waals surface area contributed by atoms with E-state index in [4.69, 9.17) is 0 Å². The van der Waals surface area contributed by atoms with E-state index in [0.29, 0.717) is 0 Å². The molecule has 0 saturated heterocycles. The molecule has 0 fully saturated rings. The molecule has 0 aromatic heterocycles. The molecule has 0 N–H and O–H groups in total. The van der Waals surface area contributed by atoms with E-state index in [1.54, 1.807) is 0 Å². The van der Waals surface area contributed by atoms with E-state index in [1.165, 1.54) is 0 Å². The van der Waals surface area contributed by atoms with Crippen molar-refractivity contribution in [2.24, 2.45) is 0 Å². The van der Waals surface area contributed by atoms with Crippen LogP contribution in [0.2, 0.25) is 5.31 Å². The number of hydrogen-bond donors (Lipinski definition) is 0. The molecule has 0 nitrogen and oxygen atoms in total. The third-order valence-electron chi connectivity index (χ3n) is 0. The minimum atomic E-state index is 0. The summed E-state index contributed by atoms with van der Waals surface area (Å²) in [5.74, 6) is 0. The van der Waals surface area contributed by atoms with Crippen molar-refractivity contribution in [3.8, 4) is 0 Å². The summed E-state index contributed by atoms with van der Waals surface area (Å²) in [6.07, 6.45) is 0. The molecular weight excluding hydrogens is 222 g/mol. The summed E-state index contributed by atoms with van der Waals surface area (Å²) in [5, 5.41) is 2.01. The molecule has 4 heavy (non-hydrogen) atoms. The van der Waals surface area contributed by atoms with Crippen LogP contribution in [0.3, 0.4) is 0 Å². The molecule has 31 valence electrons. The number of rotatable bonds is 0. The van der Waals surface area contributed by atoms with Crippen molar-refractivity contribution in [3.63, 3.8) is 0 Å². The Bertz CT molecular complexity index is 8.00. The summed E-state index contributed by atoms with van der Waals surface area (Å²) in [6.45, 7) is 0. The number of hydrogen-bond acceptors (Lipinski definition) is 0. The first-order valence-corrected chi connectivity index (χ1v) is 2.42. The Hall–Kier alpha value is 1.70. The van der Waals surface area contributed by atoms with Gasteiger partial charge in [-0.15, -0.1) is 0 Å². The Labute approximate surface area is 58.4 Å². The zero-order valence-corrected chi connectivity index (χ0v) is 6.18. The quantitative estimate of drug-likeness (QED) is 0.529. The maximum atomic E-state index is 2.01. The minimum absolute atomic E-state index is 0. The van der Waals surface area contributed by atoms with Crippen molar-refractivity contribution in [1.29, 1.82) is 0 Å². The standard InChI is InChI=1S/CH3.Fe.Mo.Ni/h1H3;;;. The molecule has 0 heterocycles. The van der Waals surface area contributed by atoms with Crippen molar-refractivity contribution in [2.45, 2.75) is 5.31 Å². The zero-order valence-electron chi connectivity index (χ0n) is 2.08. The van der Waals surface area contributed by atoms with Crippen molar-refractivity contribution in [2.75, 3.05) is 0 Å². The van der Waals surface area contributed by atoms with Gasteiger partial charge in [-0.1, -0.05) is 0 Å². The van der Waals surface area contributed by atoms with E-state index >= 15 is 0 Å². The minimum Gasteiger partial charge on any atom is 0 e. The van der Waals surface area contributed by atoms with Crippen LogP contribution < -0.4 is 0 Å². The molecule has 0 atom stereocenters. The molecule has 0 bridgehead atoms. The summed E-state index contributed by atoms with van der Waals surface area (Å²) in [4.78, 5) is 0. The van der Waals surface area contributed by atoms with Crippen LogP contribution in [0.25, 0.3) is 0 Å². The fraction of sp³-hybridized carbons (Fsp3) is 1.00. The molecule has 0 aliphatic heterocycles. The van der Waals surface area contributed by atoms with Gasteiger partial charge < -0.3 is 0 Å². The Morgan fingerprint density at radius 3 is 1.25 bits per heavy atom. The second kappa shape index (κ2) is 22.3. The molecule has 0 aromatic carbocycles. The van der Waals surface area contributed by atoms with Gasteiger partial charge in [-0.05, 0) is 0 Å². The van der Waals surface area contributed by atoms with E-state index in [1.807, 2.05) is 25.1 Å². The van der Waals surface area contributed by atoms with Crippen LogP contribution in [0.4, 0.5) is 0 Å². The van der Waals surface area contributed by atoms with Crippen molar-refractivity contribution < 1.29 is 53.4 Å². The summed E-state index contributed by atoms with van der Waals surface area (Å²) in [7, 11) is 0. The first-order valence-electron chi connectivity index (χ1n) is 0.408. The van der Waals surface area contributed by atoms with Gasteiger partial charge in [-0.3, -0.25) is 0 Å². The van der Waals surface area contributed by atoms with Gasteiger partial charge in [0.25, 0.3) is 0 Å². The van der Waals surface area contributed by atoms with E-state index in [9.17, 15) is 0 Å². The molecule has 0 aliphatic rings. The second-order valence-corrected chi connectivity index (χ2v) is 0. The van der Waals surface area contributed by atoms with E-state index < -0.39 is 0 Å².